The smallest absolute Gasteiger partial charge is 0.249 e. The van der Waals surface area contributed by atoms with Crippen molar-refractivity contribution < 1.29 is 9.63 Å². The highest BCUT2D eigenvalue weighted by Crippen LogP contribution is 1.91. The summed E-state index contributed by atoms with van der Waals surface area (Å²) in [5.41, 5.74) is 2.96. The molecule has 1 amide bonds. The van der Waals surface area contributed by atoms with Crippen LogP contribution in [0.2, 0.25) is 0 Å². The van der Waals surface area contributed by atoms with E-state index in [2.05, 4.69) is 20.5 Å². The Morgan fingerprint density at radius 2 is 2.73 bits per heavy atom. The van der Waals surface area contributed by atoms with Crippen LogP contribution in [0.1, 0.15) is 5.69 Å². The number of aromatic nitrogens is 2. The van der Waals surface area contributed by atoms with Gasteiger partial charge in [0.05, 0.1) is 13.5 Å². The minimum Gasteiger partial charge on any atom is -0.282 e. The highest BCUT2D eigenvalue weighted by Gasteiger charge is 2.01. The normalized spacial score (nSPS) is 9.55. The molecule has 0 spiro atoms. The second kappa shape index (κ2) is 3.72. The van der Waals surface area contributed by atoms with Crippen LogP contribution in [0.4, 0.5) is 0 Å². The molecule has 60 valence electrons. The number of hydroxylamine groups is 1. The number of amides is 1. The van der Waals surface area contributed by atoms with Crippen LogP contribution < -0.4 is 5.48 Å². The standard InChI is InChI=1S/C6H9N3O2/c1-11-9-6(10)4-5-2-3-7-8-5/h2-3H,4H2,1H3,(H,7,8)(H,9,10). The number of carbonyl (C=O) groups is 1. The number of aromatic amines is 1. The molecular formula is C6H9N3O2. The molecule has 0 unspecified atom stereocenters. The van der Waals surface area contributed by atoms with Crippen molar-refractivity contribution in [3.63, 3.8) is 0 Å². The van der Waals surface area contributed by atoms with Gasteiger partial charge in [-0.15, -0.1) is 0 Å². The maximum Gasteiger partial charge on any atom is 0.249 e. The van der Waals surface area contributed by atoms with Crippen molar-refractivity contribution in [3.05, 3.63) is 18.0 Å². The minimum absolute atomic E-state index is 0.197. The van der Waals surface area contributed by atoms with Gasteiger partial charge >= 0.3 is 0 Å². The molecule has 0 saturated carbocycles. The van der Waals surface area contributed by atoms with Gasteiger partial charge in [0.25, 0.3) is 0 Å². The molecule has 5 heteroatoms. The molecule has 5 nitrogen and oxygen atoms in total. The van der Waals surface area contributed by atoms with Crippen molar-refractivity contribution in [1.82, 2.24) is 15.7 Å². The fourth-order valence-corrected chi connectivity index (χ4v) is 0.706. The first-order chi connectivity index (χ1) is 5.33. The van der Waals surface area contributed by atoms with Crippen molar-refractivity contribution in [2.24, 2.45) is 0 Å². The minimum atomic E-state index is -0.197. The number of H-pyrrole nitrogens is 1. The topological polar surface area (TPSA) is 67.0 Å². The van der Waals surface area contributed by atoms with Crippen molar-refractivity contribution >= 4 is 5.91 Å². The molecule has 11 heavy (non-hydrogen) atoms. The zero-order valence-electron chi connectivity index (χ0n) is 6.13. The third kappa shape index (κ3) is 2.38. The number of rotatable bonds is 3. The molecular weight excluding hydrogens is 146 g/mol. The number of nitrogens with one attached hydrogen (secondary N) is 2. The Morgan fingerprint density at radius 3 is 3.27 bits per heavy atom. The van der Waals surface area contributed by atoms with Crippen LogP contribution in [0.5, 0.6) is 0 Å². The van der Waals surface area contributed by atoms with Gasteiger partial charge in [0.1, 0.15) is 0 Å². The predicted octanol–water partition coefficient (Wildman–Crippen LogP) is -0.370. The SMILES string of the molecule is CONC(=O)Cc1ccn[nH]1. The molecule has 1 aromatic rings. The van der Waals surface area contributed by atoms with Crippen LogP contribution in [0, 0.1) is 0 Å². The van der Waals surface area contributed by atoms with Gasteiger partial charge in [-0.2, -0.15) is 5.10 Å². The van der Waals surface area contributed by atoms with E-state index < -0.39 is 0 Å². The monoisotopic (exact) mass is 155 g/mol. The zero-order chi connectivity index (χ0) is 8.10. The lowest BCUT2D eigenvalue weighted by molar-refractivity contribution is -0.130. The molecule has 1 rings (SSSR count). The predicted molar refractivity (Wildman–Crippen MR) is 37.4 cm³/mol. The maximum absolute atomic E-state index is 10.8. The van der Waals surface area contributed by atoms with Gasteiger partial charge < -0.3 is 0 Å². The summed E-state index contributed by atoms with van der Waals surface area (Å²) >= 11 is 0. The lowest BCUT2D eigenvalue weighted by Gasteiger charge is -1.98. The molecule has 0 bridgehead atoms. The van der Waals surface area contributed by atoms with Gasteiger partial charge in [-0.25, -0.2) is 5.48 Å². The fraction of sp³-hybridized carbons (Fsp3) is 0.333. The Labute approximate surface area is 63.7 Å². The molecule has 0 radical (unpaired) electrons. The molecule has 0 aliphatic heterocycles. The second-order valence-corrected chi connectivity index (χ2v) is 1.99. The van der Waals surface area contributed by atoms with Gasteiger partial charge in [-0.05, 0) is 6.07 Å². The van der Waals surface area contributed by atoms with E-state index in [-0.39, 0.29) is 12.3 Å². The first kappa shape index (κ1) is 7.74. The molecule has 0 aromatic carbocycles. The summed E-state index contributed by atoms with van der Waals surface area (Å²) < 4.78 is 0. The van der Waals surface area contributed by atoms with Crippen molar-refractivity contribution in [1.29, 1.82) is 0 Å². The number of carbonyl (C=O) groups excluding carboxylic acids is 1. The van der Waals surface area contributed by atoms with E-state index >= 15 is 0 Å². The average Bonchev–Trinajstić information content (AvgIpc) is 2.40. The molecule has 0 aliphatic rings. The van der Waals surface area contributed by atoms with Crippen molar-refractivity contribution in [2.75, 3.05) is 7.11 Å². The van der Waals surface area contributed by atoms with Gasteiger partial charge in [-0.1, -0.05) is 0 Å². The number of nitrogens with zero attached hydrogens (tertiary/aromatic N) is 1. The van der Waals surface area contributed by atoms with E-state index in [1.165, 1.54) is 7.11 Å². The Hall–Kier alpha value is -1.36. The third-order valence-corrected chi connectivity index (χ3v) is 1.13. The van der Waals surface area contributed by atoms with Gasteiger partial charge in [0, 0.05) is 11.9 Å². The quantitative estimate of drug-likeness (QED) is 0.585. The first-order valence-corrected chi connectivity index (χ1v) is 3.13. The Kier molecular flexibility index (Phi) is 2.62. The molecule has 0 saturated heterocycles. The Morgan fingerprint density at radius 1 is 1.91 bits per heavy atom. The summed E-state index contributed by atoms with van der Waals surface area (Å²) in [6, 6.07) is 1.73. The molecule has 0 atom stereocenters. The second-order valence-electron chi connectivity index (χ2n) is 1.99. The van der Waals surface area contributed by atoms with Crippen LogP contribution in [-0.2, 0) is 16.1 Å². The Bertz CT molecular complexity index is 220. The van der Waals surface area contributed by atoms with Crippen LogP contribution in [0.3, 0.4) is 0 Å². The zero-order valence-corrected chi connectivity index (χ0v) is 6.13. The molecule has 0 fully saturated rings. The summed E-state index contributed by atoms with van der Waals surface area (Å²) in [5, 5.41) is 6.35. The number of hydrogen-bond acceptors (Lipinski definition) is 3. The highest BCUT2D eigenvalue weighted by atomic mass is 16.6. The molecule has 1 aromatic heterocycles. The summed E-state index contributed by atoms with van der Waals surface area (Å²) in [5.74, 6) is -0.197. The van der Waals surface area contributed by atoms with Crippen molar-refractivity contribution in [2.45, 2.75) is 6.42 Å². The van der Waals surface area contributed by atoms with E-state index in [0.717, 1.165) is 5.69 Å². The summed E-state index contributed by atoms with van der Waals surface area (Å²) in [6.45, 7) is 0. The lowest BCUT2D eigenvalue weighted by atomic mass is 10.3. The van der Waals surface area contributed by atoms with E-state index in [9.17, 15) is 4.79 Å². The molecule has 1 heterocycles. The largest absolute Gasteiger partial charge is 0.282 e. The average molecular weight is 155 g/mol. The van der Waals surface area contributed by atoms with E-state index in [1.807, 2.05) is 0 Å². The molecule has 2 N–H and O–H groups in total. The highest BCUT2D eigenvalue weighted by molar-refractivity contribution is 5.76. The Balaban J connectivity index is 2.37. The first-order valence-electron chi connectivity index (χ1n) is 3.13. The summed E-state index contributed by atoms with van der Waals surface area (Å²) in [4.78, 5) is 15.2. The third-order valence-electron chi connectivity index (χ3n) is 1.13. The van der Waals surface area contributed by atoms with E-state index in [4.69, 9.17) is 0 Å². The van der Waals surface area contributed by atoms with Gasteiger partial charge in [0.15, 0.2) is 0 Å². The lowest BCUT2D eigenvalue weighted by Crippen LogP contribution is -2.23. The van der Waals surface area contributed by atoms with Crippen LogP contribution >= 0.6 is 0 Å². The number of hydrogen-bond donors (Lipinski definition) is 2. The summed E-state index contributed by atoms with van der Waals surface area (Å²) in [6.07, 6.45) is 1.85. The summed E-state index contributed by atoms with van der Waals surface area (Å²) in [7, 11) is 1.39. The van der Waals surface area contributed by atoms with E-state index in [0.29, 0.717) is 0 Å². The van der Waals surface area contributed by atoms with E-state index in [1.54, 1.807) is 12.3 Å². The van der Waals surface area contributed by atoms with Gasteiger partial charge in [0.2, 0.25) is 5.91 Å². The van der Waals surface area contributed by atoms with Crippen LogP contribution in [0.25, 0.3) is 0 Å². The van der Waals surface area contributed by atoms with Gasteiger partial charge in [-0.3, -0.25) is 14.7 Å². The maximum atomic E-state index is 10.8. The fourth-order valence-electron chi connectivity index (χ4n) is 0.706. The van der Waals surface area contributed by atoms with Crippen LogP contribution in [0.15, 0.2) is 12.3 Å². The van der Waals surface area contributed by atoms with Crippen molar-refractivity contribution in [3.8, 4) is 0 Å². The van der Waals surface area contributed by atoms with Crippen LogP contribution in [-0.4, -0.2) is 23.2 Å². The molecule has 0 aliphatic carbocycles.